The highest BCUT2D eigenvalue weighted by Gasteiger charge is 2.18. The summed E-state index contributed by atoms with van der Waals surface area (Å²) in [5.41, 5.74) is 8.32. The van der Waals surface area contributed by atoms with Gasteiger partial charge in [0.25, 0.3) is 0 Å². The largest absolute Gasteiger partial charge is 0.355 e. The number of aromatic amines is 4. The number of nitrogens with one attached hydrogen (secondary N) is 4. The fourth-order valence-electron chi connectivity index (χ4n) is 5.21. The summed E-state index contributed by atoms with van der Waals surface area (Å²) in [6.07, 6.45) is 4.26. The van der Waals surface area contributed by atoms with E-state index in [9.17, 15) is 0 Å². The van der Waals surface area contributed by atoms with Gasteiger partial charge in [-0.2, -0.15) is 0 Å². The smallest absolute Gasteiger partial charge is 0.0486 e. The molecular formula is C32H20Br4N4. The second-order valence-electron chi connectivity index (χ2n) is 9.54. The lowest BCUT2D eigenvalue weighted by Gasteiger charge is -2.11. The summed E-state index contributed by atoms with van der Waals surface area (Å²) in [6, 6.07) is 29.3. The van der Waals surface area contributed by atoms with E-state index in [-0.39, 0.29) is 0 Å². The SMILES string of the molecule is Brc1cccc(Br)c1C1=c2ccc([nH]2)=Cc2ccc([nH]2)C(c2c(Br)cccc2Br)=c2ccc([nH]2)=Cc2ccc1[nH]2. The number of H-pyrrole nitrogens is 4. The molecule has 4 aromatic heterocycles. The fourth-order valence-corrected chi connectivity index (χ4v) is 7.99. The third-order valence-electron chi connectivity index (χ3n) is 6.96. The van der Waals surface area contributed by atoms with Crippen molar-refractivity contribution >= 4 is 87.0 Å². The van der Waals surface area contributed by atoms with Gasteiger partial charge in [0.15, 0.2) is 0 Å². The van der Waals surface area contributed by atoms with Crippen molar-refractivity contribution in [3.05, 3.63) is 158 Å². The summed E-state index contributed by atoms with van der Waals surface area (Å²) in [6.45, 7) is 0. The van der Waals surface area contributed by atoms with Gasteiger partial charge in [-0.25, -0.2) is 0 Å². The topological polar surface area (TPSA) is 63.2 Å². The van der Waals surface area contributed by atoms with Gasteiger partial charge in [-0.3, -0.25) is 0 Å². The zero-order chi connectivity index (χ0) is 27.4. The first-order valence-corrected chi connectivity index (χ1v) is 15.7. The van der Waals surface area contributed by atoms with Crippen molar-refractivity contribution in [2.75, 3.05) is 0 Å². The summed E-state index contributed by atoms with van der Waals surface area (Å²) in [4.78, 5) is 14.6. The van der Waals surface area contributed by atoms with Crippen LogP contribution in [0.4, 0.5) is 0 Å². The molecule has 1 aliphatic heterocycles. The normalized spacial score (nSPS) is 12.8. The molecule has 7 rings (SSSR count). The van der Waals surface area contributed by atoms with Crippen LogP contribution in [0.1, 0.15) is 33.9 Å². The van der Waals surface area contributed by atoms with Gasteiger partial charge in [-0.1, -0.05) is 75.9 Å². The van der Waals surface area contributed by atoms with Crippen LogP contribution >= 0.6 is 63.7 Å². The Balaban J connectivity index is 1.56. The van der Waals surface area contributed by atoms with Gasteiger partial charge in [0, 0.05) is 84.3 Å². The molecule has 4 nitrogen and oxygen atoms in total. The third-order valence-corrected chi connectivity index (χ3v) is 9.60. The van der Waals surface area contributed by atoms with E-state index in [2.05, 4.69) is 169 Å². The molecule has 0 atom stereocenters. The average Bonchev–Trinajstić information content (AvgIpc) is 3.73. The molecular weight excluding hydrogens is 760 g/mol. The lowest BCUT2D eigenvalue weighted by molar-refractivity contribution is 1.20. The van der Waals surface area contributed by atoms with Gasteiger partial charge < -0.3 is 19.9 Å². The Hall–Kier alpha value is -3.04. The summed E-state index contributed by atoms with van der Waals surface area (Å²) in [5.74, 6) is 0. The molecule has 0 aliphatic carbocycles. The monoisotopic (exact) mass is 776 g/mol. The maximum Gasteiger partial charge on any atom is 0.0486 e. The van der Waals surface area contributed by atoms with E-state index in [4.69, 9.17) is 0 Å². The van der Waals surface area contributed by atoms with Crippen molar-refractivity contribution < 1.29 is 0 Å². The maximum atomic E-state index is 3.79. The predicted octanol–water partition coefficient (Wildman–Crippen LogP) is 6.51. The lowest BCUT2D eigenvalue weighted by Crippen LogP contribution is -2.16. The molecule has 5 heterocycles. The number of benzene rings is 2. The zero-order valence-electron chi connectivity index (χ0n) is 20.7. The van der Waals surface area contributed by atoms with Crippen molar-refractivity contribution in [1.29, 1.82) is 0 Å². The van der Waals surface area contributed by atoms with Crippen molar-refractivity contribution in [3.63, 3.8) is 0 Å². The van der Waals surface area contributed by atoms with Crippen LogP contribution in [0.25, 0.3) is 23.3 Å². The summed E-state index contributed by atoms with van der Waals surface area (Å²) >= 11 is 15.2. The lowest BCUT2D eigenvalue weighted by atomic mass is 10.0. The highest BCUT2D eigenvalue weighted by Crippen LogP contribution is 2.35. The first-order chi connectivity index (χ1) is 19.4. The minimum atomic E-state index is 1.00. The minimum Gasteiger partial charge on any atom is -0.355 e. The molecule has 8 bridgehead atoms. The van der Waals surface area contributed by atoms with Gasteiger partial charge in [-0.05, 0) is 84.9 Å². The van der Waals surface area contributed by atoms with Gasteiger partial charge in [0.2, 0.25) is 0 Å². The van der Waals surface area contributed by atoms with Crippen LogP contribution in [0.3, 0.4) is 0 Å². The highest BCUT2D eigenvalue weighted by molar-refractivity contribution is 9.11. The first-order valence-electron chi connectivity index (χ1n) is 12.5. The molecule has 0 amide bonds. The number of fused-ring (bicyclic) bond motifs is 8. The standard InChI is InChI=1S/C32H20Br4N4/c33-21-3-1-4-22(34)29(21)31-25-11-7-17(37-25)15-19-9-13-27(39-19)32(30-23(35)5-2-6-24(30)36)28-14-10-20(40-28)16-18-8-12-26(31)38-18/h1-16,37-40H. The Kier molecular flexibility index (Phi) is 6.74. The number of hydrogen-bond acceptors (Lipinski definition) is 0. The Morgan fingerprint density at radius 2 is 0.800 bits per heavy atom. The second-order valence-corrected chi connectivity index (χ2v) is 13.0. The van der Waals surface area contributed by atoms with E-state index in [1.165, 1.54) is 0 Å². The van der Waals surface area contributed by atoms with E-state index in [0.29, 0.717) is 0 Å². The molecule has 0 saturated heterocycles. The molecule has 40 heavy (non-hydrogen) atoms. The van der Waals surface area contributed by atoms with E-state index in [1.54, 1.807) is 0 Å². The van der Waals surface area contributed by atoms with Crippen LogP contribution in [0, 0.1) is 0 Å². The van der Waals surface area contributed by atoms with Crippen LogP contribution in [-0.2, 0) is 0 Å². The van der Waals surface area contributed by atoms with Crippen LogP contribution in [0.2, 0.25) is 0 Å². The molecule has 0 radical (unpaired) electrons. The Morgan fingerprint density at radius 3 is 1.20 bits per heavy atom. The highest BCUT2D eigenvalue weighted by atomic mass is 79.9. The summed E-state index contributed by atoms with van der Waals surface area (Å²) in [5, 5.41) is 4.02. The molecule has 0 fully saturated rings. The van der Waals surface area contributed by atoms with E-state index in [1.807, 2.05) is 12.1 Å². The molecule has 0 saturated carbocycles. The number of rotatable bonds is 2. The van der Waals surface area contributed by atoms with E-state index >= 15 is 0 Å². The Bertz CT molecular complexity index is 1980. The molecule has 1 aliphatic rings. The van der Waals surface area contributed by atoms with E-state index in [0.717, 1.165) is 84.3 Å². The van der Waals surface area contributed by atoms with Crippen molar-refractivity contribution in [1.82, 2.24) is 19.9 Å². The predicted molar refractivity (Wildman–Crippen MR) is 176 cm³/mol. The van der Waals surface area contributed by atoms with Crippen molar-refractivity contribution in [3.8, 4) is 0 Å². The maximum absolute atomic E-state index is 3.79. The molecule has 196 valence electrons. The molecule has 2 aromatic carbocycles. The van der Waals surface area contributed by atoms with Gasteiger partial charge >= 0.3 is 0 Å². The fraction of sp³-hybridized carbons (Fsp3) is 0. The zero-order valence-corrected chi connectivity index (χ0v) is 27.1. The van der Waals surface area contributed by atoms with Crippen LogP contribution in [-0.4, -0.2) is 19.9 Å². The number of hydrogen-bond donors (Lipinski definition) is 4. The van der Waals surface area contributed by atoms with E-state index < -0.39 is 0 Å². The molecule has 4 N–H and O–H groups in total. The summed E-state index contributed by atoms with van der Waals surface area (Å²) < 4.78 is 4.04. The quantitative estimate of drug-likeness (QED) is 0.155. The molecule has 6 aromatic rings. The Morgan fingerprint density at radius 1 is 0.400 bits per heavy atom. The van der Waals surface area contributed by atoms with Crippen LogP contribution < -0.4 is 21.4 Å². The molecule has 0 unspecified atom stereocenters. The van der Waals surface area contributed by atoms with Crippen LogP contribution in [0.5, 0.6) is 0 Å². The molecule has 0 spiro atoms. The number of aromatic nitrogens is 4. The van der Waals surface area contributed by atoms with Gasteiger partial charge in [-0.15, -0.1) is 0 Å². The molecule has 8 heteroatoms. The van der Waals surface area contributed by atoms with Crippen molar-refractivity contribution in [2.24, 2.45) is 0 Å². The minimum absolute atomic E-state index is 1.00. The number of halogens is 4. The summed E-state index contributed by atoms with van der Waals surface area (Å²) in [7, 11) is 0. The van der Waals surface area contributed by atoms with Crippen LogP contribution in [0.15, 0.2) is 103 Å². The third kappa shape index (κ3) is 4.67. The first kappa shape index (κ1) is 25.9. The van der Waals surface area contributed by atoms with Gasteiger partial charge in [0.05, 0.1) is 0 Å². The Labute approximate surface area is 263 Å². The van der Waals surface area contributed by atoms with Crippen molar-refractivity contribution in [2.45, 2.75) is 0 Å². The average molecular weight is 780 g/mol. The van der Waals surface area contributed by atoms with Gasteiger partial charge in [0.1, 0.15) is 0 Å². The second kappa shape index (κ2) is 10.4.